The molecule has 1 fully saturated rings. The fourth-order valence-corrected chi connectivity index (χ4v) is 2.61. The van der Waals surface area contributed by atoms with Crippen LogP contribution < -0.4 is 9.80 Å². The molecule has 1 aromatic carbocycles. The maximum Gasteiger partial charge on any atom is 0.354 e. The van der Waals surface area contributed by atoms with E-state index in [1.165, 1.54) is 11.8 Å². The van der Waals surface area contributed by atoms with Crippen LogP contribution in [-0.2, 0) is 0 Å². The van der Waals surface area contributed by atoms with E-state index in [1.807, 2.05) is 23.1 Å². The van der Waals surface area contributed by atoms with Gasteiger partial charge in [-0.15, -0.1) is 0 Å². The van der Waals surface area contributed by atoms with Gasteiger partial charge >= 0.3 is 5.97 Å². The Morgan fingerprint density at radius 1 is 1.05 bits per heavy atom. The van der Waals surface area contributed by atoms with Gasteiger partial charge in [0.1, 0.15) is 0 Å². The van der Waals surface area contributed by atoms with E-state index in [0.717, 1.165) is 26.2 Å². The van der Waals surface area contributed by atoms with Crippen molar-refractivity contribution in [2.75, 3.05) is 36.0 Å². The summed E-state index contributed by atoms with van der Waals surface area (Å²) in [5, 5.41) is 9.11. The molecule has 1 aliphatic heterocycles. The lowest BCUT2D eigenvalue weighted by Crippen LogP contribution is -2.47. The molecule has 0 spiro atoms. The summed E-state index contributed by atoms with van der Waals surface area (Å²) in [6, 6.07) is 11.8. The van der Waals surface area contributed by atoms with Crippen LogP contribution in [-0.4, -0.2) is 47.2 Å². The zero-order valence-electron chi connectivity index (χ0n) is 12.4. The van der Waals surface area contributed by atoms with Crippen LogP contribution >= 0.6 is 0 Å². The predicted octanol–water partition coefficient (Wildman–Crippen LogP) is 1.81. The van der Waals surface area contributed by atoms with Gasteiger partial charge in [-0.3, -0.25) is 0 Å². The van der Waals surface area contributed by atoms with Crippen molar-refractivity contribution in [2.45, 2.75) is 6.92 Å². The second kappa shape index (κ2) is 6.01. The van der Waals surface area contributed by atoms with Gasteiger partial charge in [0.2, 0.25) is 5.95 Å². The number of aromatic carboxylic acids is 1. The van der Waals surface area contributed by atoms with Gasteiger partial charge in [-0.2, -0.15) is 0 Å². The van der Waals surface area contributed by atoms with Crippen LogP contribution in [0.1, 0.15) is 16.2 Å². The van der Waals surface area contributed by atoms with Crippen LogP contribution in [0.4, 0.5) is 11.6 Å². The summed E-state index contributed by atoms with van der Waals surface area (Å²) in [5.74, 6) is -0.514. The third-order valence-electron chi connectivity index (χ3n) is 3.75. The van der Waals surface area contributed by atoms with Crippen LogP contribution in [0.3, 0.4) is 0 Å². The Morgan fingerprint density at radius 3 is 2.32 bits per heavy atom. The van der Waals surface area contributed by atoms with Gasteiger partial charge in [0.15, 0.2) is 5.69 Å². The van der Waals surface area contributed by atoms with E-state index in [9.17, 15) is 4.79 Å². The maximum absolute atomic E-state index is 11.1. The number of aryl methyl sites for hydroxylation is 1. The molecule has 1 saturated heterocycles. The number of aromatic nitrogens is 2. The molecule has 0 saturated carbocycles. The lowest BCUT2D eigenvalue weighted by Gasteiger charge is -2.36. The molecule has 3 rings (SSSR count). The zero-order valence-corrected chi connectivity index (χ0v) is 12.4. The molecule has 0 unspecified atom stereocenters. The minimum Gasteiger partial charge on any atom is -0.477 e. The lowest BCUT2D eigenvalue weighted by atomic mass is 10.2. The summed E-state index contributed by atoms with van der Waals surface area (Å²) in [7, 11) is 0. The highest BCUT2D eigenvalue weighted by molar-refractivity contribution is 5.85. The number of anilines is 2. The van der Waals surface area contributed by atoms with Crippen LogP contribution in [0.15, 0.2) is 36.4 Å². The summed E-state index contributed by atoms with van der Waals surface area (Å²) in [6.07, 6.45) is 0. The summed E-state index contributed by atoms with van der Waals surface area (Å²) in [4.78, 5) is 24.0. The number of carboxylic acids is 1. The van der Waals surface area contributed by atoms with Crippen LogP contribution in [0.25, 0.3) is 0 Å². The monoisotopic (exact) mass is 298 g/mol. The third-order valence-corrected chi connectivity index (χ3v) is 3.75. The number of hydrogen-bond acceptors (Lipinski definition) is 5. The highest BCUT2D eigenvalue weighted by Crippen LogP contribution is 2.18. The fourth-order valence-electron chi connectivity index (χ4n) is 2.61. The molecule has 6 heteroatoms. The Labute approximate surface area is 129 Å². The number of piperazine rings is 1. The summed E-state index contributed by atoms with van der Waals surface area (Å²) < 4.78 is 0. The van der Waals surface area contributed by atoms with Gasteiger partial charge in [0, 0.05) is 37.6 Å². The van der Waals surface area contributed by atoms with Crippen molar-refractivity contribution in [1.82, 2.24) is 9.97 Å². The molecule has 0 aliphatic carbocycles. The highest BCUT2D eigenvalue weighted by atomic mass is 16.4. The molecular weight excluding hydrogens is 280 g/mol. The van der Waals surface area contributed by atoms with Gasteiger partial charge in [0.05, 0.1) is 0 Å². The lowest BCUT2D eigenvalue weighted by molar-refractivity contribution is 0.0690. The van der Waals surface area contributed by atoms with Crippen molar-refractivity contribution in [3.63, 3.8) is 0 Å². The van der Waals surface area contributed by atoms with E-state index in [4.69, 9.17) is 5.11 Å². The average Bonchev–Trinajstić information content (AvgIpc) is 2.55. The van der Waals surface area contributed by atoms with Crippen molar-refractivity contribution in [3.8, 4) is 0 Å². The molecule has 1 N–H and O–H groups in total. The number of carboxylic acid groups (broad SMARTS) is 1. The number of carbonyl (C=O) groups is 1. The van der Waals surface area contributed by atoms with Gasteiger partial charge in [-0.25, -0.2) is 14.8 Å². The molecule has 0 bridgehead atoms. The van der Waals surface area contributed by atoms with E-state index in [0.29, 0.717) is 11.6 Å². The second-order valence-corrected chi connectivity index (χ2v) is 5.31. The minimum absolute atomic E-state index is 0.0491. The predicted molar refractivity (Wildman–Crippen MR) is 84.6 cm³/mol. The number of nitrogens with zero attached hydrogens (tertiary/aromatic N) is 4. The first-order valence-electron chi connectivity index (χ1n) is 7.27. The Balaban J connectivity index is 1.73. The van der Waals surface area contributed by atoms with Gasteiger partial charge < -0.3 is 14.9 Å². The zero-order chi connectivity index (χ0) is 15.5. The second-order valence-electron chi connectivity index (χ2n) is 5.31. The molecule has 2 aromatic rings. The van der Waals surface area contributed by atoms with E-state index >= 15 is 0 Å². The quantitative estimate of drug-likeness (QED) is 0.932. The first kappa shape index (κ1) is 14.3. The average molecular weight is 298 g/mol. The van der Waals surface area contributed by atoms with Crippen LogP contribution in [0.5, 0.6) is 0 Å². The third kappa shape index (κ3) is 3.00. The molecule has 22 heavy (non-hydrogen) atoms. The topological polar surface area (TPSA) is 69.6 Å². The fraction of sp³-hybridized carbons (Fsp3) is 0.312. The van der Waals surface area contributed by atoms with Gasteiger partial charge in [-0.1, -0.05) is 18.2 Å². The Kier molecular flexibility index (Phi) is 3.91. The standard InChI is InChI=1S/C16H18N4O2/c1-12-11-14(15(21)22)18-16(17-12)20-9-7-19(8-10-20)13-5-3-2-4-6-13/h2-6,11H,7-10H2,1H3,(H,21,22). The summed E-state index contributed by atoms with van der Waals surface area (Å²) in [5.41, 5.74) is 1.93. The molecule has 0 amide bonds. The van der Waals surface area contributed by atoms with E-state index in [-0.39, 0.29) is 5.69 Å². The van der Waals surface area contributed by atoms with Gasteiger partial charge in [-0.05, 0) is 25.1 Å². The van der Waals surface area contributed by atoms with Crippen molar-refractivity contribution >= 4 is 17.6 Å². The maximum atomic E-state index is 11.1. The number of benzene rings is 1. The Hall–Kier alpha value is -2.63. The molecule has 114 valence electrons. The molecular formula is C16H18N4O2. The molecule has 0 atom stereocenters. The molecule has 0 radical (unpaired) electrons. The Bertz CT molecular complexity index is 667. The SMILES string of the molecule is Cc1cc(C(=O)O)nc(N2CCN(c3ccccc3)CC2)n1. The summed E-state index contributed by atoms with van der Waals surface area (Å²) in [6.45, 7) is 5.07. The highest BCUT2D eigenvalue weighted by Gasteiger charge is 2.20. The van der Waals surface area contributed by atoms with Crippen LogP contribution in [0, 0.1) is 6.92 Å². The number of para-hydroxylation sites is 1. The summed E-state index contributed by atoms with van der Waals surface area (Å²) >= 11 is 0. The molecule has 1 aromatic heterocycles. The van der Waals surface area contributed by atoms with E-state index in [1.54, 1.807) is 6.92 Å². The van der Waals surface area contributed by atoms with Crippen molar-refractivity contribution in [2.24, 2.45) is 0 Å². The first-order chi connectivity index (χ1) is 10.6. The molecule has 1 aliphatic rings. The normalized spacial score (nSPS) is 15.0. The molecule has 2 heterocycles. The van der Waals surface area contributed by atoms with E-state index in [2.05, 4.69) is 27.0 Å². The van der Waals surface area contributed by atoms with Crippen molar-refractivity contribution in [1.29, 1.82) is 0 Å². The molecule has 6 nitrogen and oxygen atoms in total. The smallest absolute Gasteiger partial charge is 0.354 e. The first-order valence-corrected chi connectivity index (χ1v) is 7.27. The van der Waals surface area contributed by atoms with Crippen molar-refractivity contribution < 1.29 is 9.90 Å². The minimum atomic E-state index is -1.02. The van der Waals surface area contributed by atoms with Gasteiger partial charge in [0.25, 0.3) is 0 Å². The van der Waals surface area contributed by atoms with E-state index < -0.39 is 5.97 Å². The van der Waals surface area contributed by atoms with Crippen LogP contribution in [0.2, 0.25) is 0 Å². The largest absolute Gasteiger partial charge is 0.477 e. The number of rotatable bonds is 3. The number of hydrogen-bond donors (Lipinski definition) is 1. The van der Waals surface area contributed by atoms with Crippen molar-refractivity contribution in [3.05, 3.63) is 47.8 Å². The Morgan fingerprint density at radius 2 is 1.68 bits per heavy atom.